The van der Waals surface area contributed by atoms with E-state index in [2.05, 4.69) is 10.6 Å². The van der Waals surface area contributed by atoms with Gasteiger partial charge in [0.1, 0.15) is 6.04 Å². The molecule has 0 saturated carbocycles. The van der Waals surface area contributed by atoms with Gasteiger partial charge in [0.15, 0.2) is 0 Å². The van der Waals surface area contributed by atoms with Crippen LogP contribution < -0.4 is 10.6 Å². The number of hydrogen-bond acceptors (Lipinski definition) is 2. The van der Waals surface area contributed by atoms with Crippen LogP contribution in [0.4, 0.5) is 10.5 Å². The number of carboxylic acids is 1. The quantitative estimate of drug-likeness (QED) is 0.784. The molecule has 1 aromatic carbocycles. The Hall–Kier alpha value is -1.46. The molecule has 116 valence electrons. The molecular weight excluding hydrogens is 315 g/mol. The maximum atomic E-state index is 12.0. The minimum atomic E-state index is -1.11. The van der Waals surface area contributed by atoms with E-state index >= 15 is 0 Å². The molecule has 0 heterocycles. The van der Waals surface area contributed by atoms with Gasteiger partial charge in [0.25, 0.3) is 0 Å². The van der Waals surface area contributed by atoms with Gasteiger partial charge in [0, 0.05) is 0 Å². The molecule has 2 amide bonds. The zero-order valence-electron chi connectivity index (χ0n) is 12.3. The molecule has 0 aliphatic carbocycles. The van der Waals surface area contributed by atoms with Crippen LogP contribution in [0.3, 0.4) is 0 Å². The number of halogens is 2. The number of anilines is 1. The van der Waals surface area contributed by atoms with Crippen molar-refractivity contribution in [1.82, 2.24) is 5.32 Å². The maximum Gasteiger partial charge on any atom is 0.326 e. The largest absolute Gasteiger partial charge is 0.480 e. The van der Waals surface area contributed by atoms with Crippen molar-refractivity contribution in [2.24, 2.45) is 5.41 Å². The van der Waals surface area contributed by atoms with Gasteiger partial charge in [0.2, 0.25) is 0 Å². The van der Waals surface area contributed by atoms with Gasteiger partial charge >= 0.3 is 12.0 Å². The third-order valence-electron chi connectivity index (χ3n) is 2.91. The average Bonchev–Trinajstić information content (AvgIpc) is 2.34. The molecular formula is C14H18Cl2N2O3. The van der Waals surface area contributed by atoms with Crippen LogP contribution >= 0.6 is 23.2 Å². The summed E-state index contributed by atoms with van der Waals surface area (Å²) in [4.78, 5) is 23.2. The molecule has 21 heavy (non-hydrogen) atoms. The van der Waals surface area contributed by atoms with Crippen LogP contribution in [0.25, 0.3) is 0 Å². The summed E-state index contributed by atoms with van der Waals surface area (Å²) in [5.74, 6) is -1.11. The van der Waals surface area contributed by atoms with E-state index in [1.54, 1.807) is 39.8 Å². The lowest BCUT2D eigenvalue weighted by molar-refractivity contribution is -0.141. The maximum absolute atomic E-state index is 12.0. The minimum absolute atomic E-state index is 0.258. The first-order valence-electron chi connectivity index (χ1n) is 6.29. The van der Waals surface area contributed by atoms with Crippen molar-refractivity contribution in [3.8, 4) is 0 Å². The lowest BCUT2D eigenvalue weighted by Crippen LogP contribution is -2.50. The summed E-state index contributed by atoms with van der Waals surface area (Å²) < 4.78 is 0. The number of benzene rings is 1. The Morgan fingerprint density at radius 1 is 1.24 bits per heavy atom. The smallest absolute Gasteiger partial charge is 0.326 e. The number of carbonyl (C=O) groups is 2. The fraction of sp³-hybridized carbons (Fsp3) is 0.429. The fourth-order valence-electron chi connectivity index (χ4n) is 1.70. The standard InChI is InChI=1S/C14H18Cl2N2O3/c1-7-5-6-8(15)10(9(7)16)17-13(21)18-11(12(19)20)14(2,3)4/h5-6,11H,1-4H3,(H,19,20)(H2,17,18,21)/t11-/m0/s1. The SMILES string of the molecule is Cc1ccc(Cl)c(NC(=O)N[C@@H](C(=O)O)C(C)(C)C)c1Cl. The Labute approximate surface area is 133 Å². The summed E-state index contributed by atoms with van der Waals surface area (Å²) >= 11 is 12.1. The van der Waals surface area contributed by atoms with Crippen molar-refractivity contribution in [1.29, 1.82) is 0 Å². The van der Waals surface area contributed by atoms with Gasteiger partial charge in [-0.1, -0.05) is 50.0 Å². The van der Waals surface area contributed by atoms with E-state index in [0.29, 0.717) is 5.02 Å². The molecule has 0 radical (unpaired) electrons. The highest BCUT2D eigenvalue weighted by molar-refractivity contribution is 6.40. The van der Waals surface area contributed by atoms with Crippen LogP contribution in [-0.4, -0.2) is 23.1 Å². The molecule has 3 N–H and O–H groups in total. The number of nitrogens with one attached hydrogen (secondary N) is 2. The van der Waals surface area contributed by atoms with Gasteiger partial charge in [-0.3, -0.25) is 0 Å². The van der Waals surface area contributed by atoms with Gasteiger partial charge in [-0.15, -0.1) is 0 Å². The fourth-order valence-corrected chi connectivity index (χ4v) is 2.17. The average molecular weight is 333 g/mol. The monoisotopic (exact) mass is 332 g/mol. The van der Waals surface area contributed by atoms with Crippen LogP contribution in [0.2, 0.25) is 10.0 Å². The summed E-state index contributed by atoms with van der Waals surface area (Å²) in [6.07, 6.45) is 0. The Morgan fingerprint density at radius 2 is 1.81 bits per heavy atom. The summed E-state index contributed by atoms with van der Waals surface area (Å²) in [7, 11) is 0. The second-order valence-corrected chi connectivity index (χ2v) is 6.57. The highest BCUT2D eigenvalue weighted by Crippen LogP contribution is 2.32. The molecule has 1 atom stereocenters. The van der Waals surface area contributed by atoms with Crippen LogP contribution in [-0.2, 0) is 4.79 Å². The highest BCUT2D eigenvalue weighted by Gasteiger charge is 2.32. The van der Waals surface area contributed by atoms with Crippen molar-refractivity contribution in [2.45, 2.75) is 33.7 Å². The number of hydrogen-bond donors (Lipinski definition) is 3. The molecule has 0 spiro atoms. The summed E-state index contributed by atoms with van der Waals surface area (Å²) in [5.41, 5.74) is 0.375. The van der Waals surface area contributed by atoms with E-state index in [9.17, 15) is 14.7 Å². The molecule has 0 unspecified atom stereocenters. The summed E-state index contributed by atoms with van der Waals surface area (Å²) in [5, 5.41) is 14.7. The van der Waals surface area contributed by atoms with Crippen LogP contribution in [0, 0.1) is 12.3 Å². The molecule has 0 bridgehead atoms. The first-order valence-corrected chi connectivity index (χ1v) is 7.04. The number of aryl methyl sites for hydroxylation is 1. The predicted octanol–water partition coefficient (Wildman–Crippen LogP) is 3.92. The number of rotatable bonds is 3. The van der Waals surface area contributed by atoms with Crippen LogP contribution in [0.5, 0.6) is 0 Å². The zero-order valence-corrected chi connectivity index (χ0v) is 13.8. The van der Waals surface area contributed by atoms with Crippen molar-refractivity contribution in [2.75, 3.05) is 5.32 Å². The topological polar surface area (TPSA) is 78.4 Å². The Bertz CT molecular complexity index is 568. The van der Waals surface area contributed by atoms with E-state index < -0.39 is 23.5 Å². The van der Waals surface area contributed by atoms with Crippen molar-refractivity contribution in [3.05, 3.63) is 27.7 Å². The second-order valence-electron chi connectivity index (χ2n) is 5.79. The molecule has 1 rings (SSSR count). The lowest BCUT2D eigenvalue weighted by atomic mass is 9.87. The predicted molar refractivity (Wildman–Crippen MR) is 84.2 cm³/mol. The molecule has 0 fully saturated rings. The molecule has 1 aromatic rings. The van der Waals surface area contributed by atoms with Crippen LogP contribution in [0.15, 0.2) is 12.1 Å². The zero-order chi connectivity index (χ0) is 16.4. The van der Waals surface area contributed by atoms with Gasteiger partial charge in [-0.05, 0) is 24.0 Å². The normalized spacial score (nSPS) is 12.7. The van der Waals surface area contributed by atoms with E-state index in [1.165, 1.54) is 0 Å². The number of carbonyl (C=O) groups excluding carboxylic acids is 1. The van der Waals surface area contributed by atoms with E-state index in [0.717, 1.165) is 5.56 Å². The van der Waals surface area contributed by atoms with E-state index in [1.807, 2.05) is 0 Å². The van der Waals surface area contributed by atoms with Crippen molar-refractivity contribution >= 4 is 40.9 Å². The summed E-state index contributed by atoms with van der Waals surface area (Å²) in [6.45, 7) is 6.94. The van der Waals surface area contributed by atoms with Gasteiger partial charge < -0.3 is 15.7 Å². The Kier molecular flexibility index (Phi) is 5.48. The van der Waals surface area contributed by atoms with Gasteiger partial charge in [0.05, 0.1) is 15.7 Å². The number of urea groups is 1. The number of aliphatic carboxylic acids is 1. The van der Waals surface area contributed by atoms with E-state index in [-0.39, 0.29) is 10.7 Å². The van der Waals surface area contributed by atoms with Gasteiger partial charge in [-0.25, -0.2) is 9.59 Å². The van der Waals surface area contributed by atoms with Crippen molar-refractivity contribution in [3.63, 3.8) is 0 Å². The molecule has 0 saturated heterocycles. The van der Waals surface area contributed by atoms with Crippen molar-refractivity contribution < 1.29 is 14.7 Å². The third-order valence-corrected chi connectivity index (χ3v) is 3.71. The minimum Gasteiger partial charge on any atom is -0.480 e. The molecule has 5 nitrogen and oxygen atoms in total. The van der Waals surface area contributed by atoms with E-state index in [4.69, 9.17) is 23.2 Å². The lowest BCUT2D eigenvalue weighted by Gasteiger charge is -2.27. The molecule has 0 aliphatic rings. The highest BCUT2D eigenvalue weighted by atomic mass is 35.5. The first kappa shape index (κ1) is 17.6. The molecule has 0 aromatic heterocycles. The number of carboxylic acid groups (broad SMARTS) is 1. The summed E-state index contributed by atoms with van der Waals surface area (Å²) in [6, 6.07) is 1.62. The molecule has 0 aliphatic heterocycles. The number of amides is 2. The van der Waals surface area contributed by atoms with Crippen LogP contribution in [0.1, 0.15) is 26.3 Å². The Balaban J connectivity index is 2.92. The van der Waals surface area contributed by atoms with Gasteiger partial charge in [-0.2, -0.15) is 0 Å². The Morgan fingerprint density at radius 3 is 2.29 bits per heavy atom. The second kappa shape index (κ2) is 6.54. The molecule has 7 heteroatoms. The first-order chi connectivity index (χ1) is 9.54. The third kappa shape index (κ3) is 4.51.